The van der Waals surface area contributed by atoms with Crippen molar-refractivity contribution < 1.29 is 19.2 Å². The van der Waals surface area contributed by atoms with Crippen molar-refractivity contribution in [2.24, 2.45) is 0 Å². The third kappa shape index (κ3) is 3.73. The van der Waals surface area contributed by atoms with Crippen molar-refractivity contribution in [1.82, 2.24) is 0 Å². The third-order valence-corrected chi connectivity index (χ3v) is 3.68. The lowest BCUT2D eigenvalue weighted by atomic mass is 10.2. The van der Waals surface area contributed by atoms with Gasteiger partial charge in [-0.05, 0) is 25.1 Å². The molecule has 0 amide bonds. The van der Waals surface area contributed by atoms with Crippen molar-refractivity contribution in [3.05, 3.63) is 61.8 Å². The van der Waals surface area contributed by atoms with E-state index in [1.165, 1.54) is 29.5 Å². The van der Waals surface area contributed by atoms with E-state index in [9.17, 15) is 19.7 Å². The molecule has 0 radical (unpaired) electrons. The molecule has 21 heavy (non-hydrogen) atoms. The van der Waals surface area contributed by atoms with Crippen LogP contribution in [0.1, 0.15) is 24.9 Å². The number of carbonyl (C=O) groups is 2. The zero-order valence-corrected chi connectivity index (χ0v) is 11.9. The Bertz CT molecular complexity index is 707. The van der Waals surface area contributed by atoms with Crippen LogP contribution in [0.5, 0.6) is 0 Å². The average Bonchev–Trinajstić information content (AvgIpc) is 2.91. The number of non-ortho nitro benzene ring substituents is 1. The first kappa shape index (κ1) is 14.9. The molecular weight excluding hydrogens is 294 g/mol. The van der Waals surface area contributed by atoms with Gasteiger partial charge in [-0.3, -0.25) is 14.9 Å². The molecule has 7 heteroatoms. The molecule has 2 rings (SSSR count). The van der Waals surface area contributed by atoms with Gasteiger partial charge in [0.15, 0.2) is 6.61 Å². The highest BCUT2D eigenvalue weighted by Crippen LogP contribution is 2.17. The number of thiophene rings is 1. The van der Waals surface area contributed by atoms with E-state index < -0.39 is 10.9 Å². The maximum absolute atomic E-state index is 11.8. The highest BCUT2D eigenvalue weighted by atomic mass is 32.1. The number of nitrogens with zero attached hydrogens (tertiary/aromatic N) is 1. The predicted molar refractivity (Wildman–Crippen MR) is 76.8 cm³/mol. The number of hydrogen-bond donors (Lipinski definition) is 0. The predicted octanol–water partition coefficient (Wildman–Crippen LogP) is 3.00. The van der Waals surface area contributed by atoms with Crippen LogP contribution < -0.4 is 0 Å². The fourth-order valence-corrected chi connectivity index (χ4v) is 2.41. The van der Waals surface area contributed by atoms with Gasteiger partial charge < -0.3 is 4.74 Å². The number of esters is 1. The second kappa shape index (κ2) is 6.27. The molecule has 2 aromatic rings. The molecular formula is C14H11NO5S. The number of carbonyl (C=O) groups excluding carboxylic acids is 2. The summed E-state index contributed by atoms with van der Waals surface area (Å²) in [6.07, 6.45) is 0. The van der Waals surface area contributed by atoms with Crippen LogP contribution in [0.4, 0.5) is 5.69 Å². The summed E-state index contributed by atoms with van der Waals surface area (Å²) in [5.74, 6) is -1.06. The highest BCUT2D eigenvalue weighted by molar-refractivity contribution is 7.14. The van der Waals surface area contributed by atoms with E-state index in [-0.39, 0.29) is 23.6 Å². The summed E-state index contributed by atoms with van der Waals surface area (Å²) in [6, 6.07) is 8.65. The summed E-state index contributed by atoms with van der Waals surface area (Å²) in [4.78, 5) is 35.1. The Morgan fingerprint density at radius 3 is 2.67 bits per heavy atom. The van der Waals surface area contributed by atoms with Gasteiger partial charge in [0, 0.05) is 17.0 Å². The molecule has 0 bridgehead atoms. The first-order chi connectivity index (χ1) is 9.97. The normalized spacial score (nSPS) is 10.1. The van der Waals surface area contributed by atoms with Crippen LogP contribution in [-0.2, 0) is 4.74 Å². The molecule has 1 aromatic carbocycles. The van der Waals surface area contributed by atoms with Gasteiger partial charge in [-0.2, -0.15) is 0 Å². The molecule has 1 heterocycles. The number of ketones is 1. The second-order valence-corrected chi connectivity index (χ2v) is 5.50. The molecule has 6 nitrogen and oxygen atoms in total. The van der Waals surface area contributed by atoms with E-state index in [1.807, 2.05) is 6.92 Å². The number of nitro benzene ring substituents is 1. The van der Waals surface area contributed by atoms with Crippen molar-refractivity contribution in [3.8, 4) is 0 Å². The summed E-state index contributed by atoms with van der Waals surface area (Å²) in [5.41, 5.74) is -0.163. The van der Waals surface area contributed by atoms with Gasteiger partial charge in [0.05, 0.1) is 15.4 Å². The van der Waals surface area contributed by atoms with Crippen molar-refractivity contribution in [1.29, 1.82) is 0 Å². The number of benzene rings is 1. The van der Waals surface area contributed by atoms with E-state index in [4.69, 9.17) is 4.74 Å². The van der Waals surface area contributed by atoms with Crippen LogP contribution in [0.15, 0.2) is 36.4 Å². The van der Waals surface area contributed by atoms with Crippen molar-refractivity contribution in [3.63, 3.8) is 0 Å². The molecule has 1 aromatic heterocycles. The Kier molecular flexibility index (Phi) is 4.44. The lowest BCUT2D eigenvalue weighted by Crippen LogP contribution is -2.13. The number of hydrogen-bond acceptors (Lipinski definition) is 6. The number of rotatable bonds is 5. The van der Waals surface area contributed by atoms with Crippen molar-refractivity contribution in [2.75, 3.05) is 6.61 Å². The van der Waals surface area contributed by atoms with E-state index >= 15 is 0 Å². The van der Waals surface area contributed by atoms with E-state index in [0.29, 0.717) is 4.88 Å². The summed E-state index contributed by atoms with van der Waals surface area (Å²) in [6.45, 7) is 1.48. The molecule has 0 N–H and O–H groups in total. The molecule has 108 valence electrons. The van der Waals surface area contributed by atoms with Gasteiger partial charge in [-0.1, -0.05) is 6.07 Å². The van der Waals surface area contributed by atoms with E-state index in [0.717, 1.165) is 10.9 Å². The Morgan fingerprint density at radius 1 is 1.29 bits per heavy atom. The number of Topliss-reactive ketones (excluding diaryl/α,β-unsaturated/α-hetero) is 1. The summed E-state index contributed by atoms with van der Waals surface area (Å²) >= 11 is 1.32. The summed E-state index contributed by atoms with van der Waals surface area (Å²) in [5, 5.41) is 10.6. The van der Waals surface area contributed by atoms with Crippen LogP contribution in [0.25, 0.3) is 0 Å². The van der Waals surface area contributed by atoms with Gasteiger partial charge in [0.25, 0.3) is 5.69 Å². The van der Waals surface area contributed by atoms with Crippen LogP contribution in [0, 0.1) is 17.0 Å². The smallest absolute Gasteiger partial charge is 0.338 e. The average molecular weight is 305 g/mol. The zero-order valence-electron chi connectivity index (χ0n) is 11.1. The van der Waals surface area contributed by atoms with Gasteiger partial charge in [-0.25, -0.2) is 4.79 Å². The molecule has 0 fully saturated rings. The monoisotopic (exact) mass is 305 g/mol. The van der Waals surface area contributed by atoms with Crippen molar-refractivity contribution >= 4 is 28.8 Å². The minimum Gasteiger partial charge on any atom is -0.454 e. The number of ether oxygens (including phenoxy) is 1. The van der Waals surface area contributed by atoms with Crippen LogP contribution in [0.3, 0.4) is 0 Å². The zero-order chi connectivity index (χ0) is 15.4. The summed E-state index contributed by atoms with van der Waals surface area (Å²) in [7, 11) is 0. The lowest BCUT2D eigenvalue weighted by Gasteiger charge is -2.03. The highest BCUT2D eigenvalue weighted by Gasteiger charge is 2.15. The molecule has 0 atom stereocenters. The van der Waals surface area contributed by atoms with Gasteiger partial charge in [0.1, 0.15) is 0 Å². The standard InChI is InChI=1S/C14H11NO5S/c1-9-5-6-13(21-9)12(16)8-20-14(17)10-3-2-4-11(7-10)15(18)19/h2-7H,8H2,1H3. The maximum Gasteiger partial charge on any atom is 0.338 e. The van der Waals surface area contributed by atoms with Crippen LogP contribution >= 0.6 is 11.3 Å². The molecule has 0 spiro atoms. The van der Waals surface area contributed by atoms with Crippen LogP contribution in [0.2, 0.25) is 0 Å². The van der Waals surface area contributed by atoms with E-state index in [1.54, 1.807) is 12.1 Å². The SMILES string of the molecule is Cc1ccc(C(=O)COC(=O)c2cccc([N+](=O)[O-])c2)s1. The van der Waals surface area contributed by atoms with Gasteiger partial charge in [0.2, 0.25) is 5.78 Å². The maximum atomic E-state index is 11.8. The lowest BCUT2D eigenvalue weighted by molar-refractivity contribution is -0.384. The van der Waals surface area contributed by atoms with E-state index in [2.05, 4.69) is 0 Å². The van der Waals surface area contributed by atoms with Crippen LogP contribution in [-0.4, -0.2) is 23.3 Å². The third-order valence-electron chi connectivity index (χ3n) is 2.64. The first-order valence-electron chi connectivity index (χ1n) is 5.98. The Balaban J connectivity index is 2.00. The molecule has 0 saturated heterocycles. The minimum absolute atomic E-state index is 0.0411. The topological polar surface area (TPSA) is 86.5 Å². The van der Waals surface area contributed by atoms with Crippen molar-refractivity contribution in [2.45, 2.75) is 6.92 Å². The fourth-order valence-electron chi connectivity index (χ4n) is 1.62. The first-order valence-corrected chi connectivity index (χ1v) is 6.80. The quantitative estimate of drug-likeness (QED) is 0.367. The Morgan fingerprint density at radius 2 is 2.05 bits per heavy atom. The second-order valence-electron chi connectivity index (χ2n) is 4.22. The Labute approximate surface area is 124 Å². The fraction of sp³-hybridized carbons (Fsp3) is 0.143. The number of nitro groups is 1. The molecule has 0 aliphatic heterocycles. The molecule has 0 unspecified atom stereocenters. The van der Waals surface area contributed by atoms with Gasteiger partial charge >= 0.3 is 5.97 Å². The molecule has 0 aliphatic carbocycles. The summed E-state index contributed by atoms with van der Waals surface area (Å²) < 4.78 is 4.88. The minimum atomic E-state index is -0.764. The largest absolute Gasteiger partial charge is 0.454 e. The molecule has 0 saturated carbocycles. The molecule has 0 aliphatic rings. The number of aryl methyl sites for hydroxylation is 1. The Hall–Kier alpha value is -2.54. The van der Waals surface area contributed by atoms with Gasteiger partial charge in [-0.15, -0.1) is 11.3 Å².